The normalized spacial score (nSPS) is 20.4. The molecule has 3 aromatic heterocycles. The summed E-state index contributed by atoms with van der Waals surface area (Å²) in [5.41, 5.74) is 0.152. The molecule has 13 heteroatoms. The minimum absolute atomic E-state index is 0.0328. The molecular weight excluding hydrogens is 540 g/mol. The zero-order valence-corrected chi connectivity index (χ0v) is 24.3. The Morgan fingerprint density at radius 1 is 1.21 bits per heavy atom. The lowest BCUT2D eigenvalue weighted by Crippen LogP contribution is -2.37. The molecule has 0 aromatic carbocycles. The number of carbonyl (C=O) groups is 2. The first-order valence-electron chi connectivity index (χ1n) is 13.8. The van der Waals surface area contributed by atoms with Crippen molar-refractivity contribution in [2.24, 2.45) is 0 Å². The SMILES string of the molecule is CO[C@H]1CC[C@H](NC(=O)c2cnn3c(N(C)C(=O)OC(C)(C)C)cc(NC4=CC=CN(c5ccccn5)C4O)nc23)C1. The van der Waals surface area contributed by atoms with E-state index < -0.39 is 17.9 Å². The fraction of sp³-hybridized carbons (Fsp3) is 0.414. The highest BCUT2D eigenvalue weighted by Crippen LogP contribution is 2.28. The highest BCUT2D eigenvalue weighted by molar-refractivity contribution is 6.00. The number of aliphatic hydroxyl groups excluding tert-OH is 1. The van der Waals surface area contributed by atoms with Crippen LogP contribution in [-0.2, 0) is 9.47 Å². The number of nitrogens with one attached hydrogen (secondary N) is 2. The zero-order chi connectivity index (χ0) is 30.0. The van der Waals surface area contributed by atoms with Crippen molar-refractivity contribution >= 4 is 35.1 Å². The van der Waals surface area contributed by atoms with Gasteiger partial charge in [-0.3, -0.25) is 9.69 Å². The number of methoxy groups -OCH3 is 1. The number of nitrogens with zero attached hydrogens (tertiary/aromatic N) is 6. The molecule has 0 saturated heterocycles. The van der Waals surface area contributed by atoms with Gasteiger partial charge in [0.05, 0.1) is 18.0 Å². The maximum Gasteiger partial charge on any atom is 0.415 e. The van der Waals surface area contributed by atoms with Crippen LogP contribution in [0.5, 0.6) is 0 Å². The van der Waals surface area contributed by atoms with Crippen LogP contribution in [0.2, 0.25) is 0 Å². The van der Waals surface area contributed by atoms with E-state index in [0.29, 0.717) is 17.3 Å². The Bertz CT molecular complexity index is 1510. The fourth-order valence-corrected chi connectivity index (χ4v) is 4.90. The maximum atomic E-state index is 13.4. The van der Waals surface area contributed by atoms with Crippen molar-refractivity contribution in [3.8, 4) is 0 Å². The molecule has 1 unspecified atom stereocenters. The Balaban J connectivity index is 1.49. The van der Waals surface area contributed by atoms with E-state index in [4.69, 9.17) is 9.47 Å². The van der Waals surface area contributed by atoms with E-state index in [9.17, 15) is 14.7 Å². The van der Waals surface area contributed by atoms with Crippen LogP contribution in [0.1, 0.15) is 50.4 Å². The number of fused-ring (bicyclic) bond motifs is 1. The van der Waals surface area contributed by atoms with E-state index >= 15 is 0 Å². The van der Waals surface area contributed by atoms with Gasteiger partial charge in [-0.05, 0) is 64.3 Å². The quantitative estimate of drug-likeness (QED) is 0.382. The predicted molar refractivity (Wildman–Crippen MR) is 157 cm³/mol. The van der Waals surface area contributed by atoms with Crippen LogP contribution in [-0.4, -0.2) is 74.8 Å². The molecule has 5 rings (SSSR count). The molecule has 4 heterocycles. The molecule has 42 heavy (non-hydrogen) atoms. The number of anilines is 3. The standard InChI is InChI=1S/C29H36N8O5/c1-29(2,3)42-28(40)35(4)24-16-22(33-21-9-8-14-36(27(21)39)23-10-6-7-13-30-23)34-25-20(17-31-37(24)25)26(38)32-18-11-12-19(15-18)41-5/h6-10,13-14,16-19,27,39H,11-12,15H2,1-5H3,(H,32,38)(H,33,34)/t18-,19-,27?/m0/s1. The first-order valence-corrected chi connectivity index (χ1v) is 13.8. The van der Waals surface area contributed by atoms with Gasteiger partial charge in [0.15, 0.2) is 11.9 Å². The van der Waals surface area contributed by atoms with Gasteiger partial charge in [-0.1, -0.05) is 6.07 Å². The highest BCUT2D eigenvalue weighted by atomic mass is 16.6. The molecule has 0 spiro atoms. The lowest BCUT2D eigenvalue weighted by atomic mass is 10.2. The molecule has 13 nitrogen and oxygen atoms in total. The van der Waals surface area contributed by atoms with Crippen molar-refractivity contribution in [2.75, 3.05) is 29.3 Å². The molecule has 0 bridgehead atoms. The third-order valence-electron chi connectivity index (χ3n) is 7.01. The van der Waals surface area contributed by atoms with Gasteiger partial charge in [0.1, 0.15) is 28.6 Å². The smallest absolute Gasteiger partial charge is 0.415 e. The van der Waals surface area contributed by atoms with E-state index in [1.54, 1.807) is 82.6 Å². The van der Waals surface area contributed by atoms with Gasteiger partial charge in [0.2, 0.25) is 0 Å². The molecule has 2 amide bonds. The number of amides is 2. The van der Waals surface area contributed by atoms with Crippen LogP contribution >= 0.6 is 0 Å². The lowest BCUT2D eigenvalue weighted by Gasteiger charge is -2.30. The second kappa shape index (κ2) is 11.8. The van der Waals surface area contributed by atoms with E-state index in [1.807, 2.05) is 6.07 Å². The average molecular weight is 577 g/mol. The van der Waals surface area contributed by atoms with E-state index in [2.05, 4.69) is 25.7 Å². The fourth-order valence-electron chi connectivity index (χ4n) is 4.90. The largest absolute Gasteiger partial charge is 0.443 e. The molecule has 0 radical (unpaired) electrons. The predicted octanol–water partition coefficient (Wildman–Crippen LogP) is 3.44. The van der Waals surface area contributed by atoms with Gasteiger partial charge < -0.3 is 30.1 Å². The van der Waals surface area contributed by atoms with E-state index in [1.165, 1.54) is 15.6 Å². The number of allylic oxidation sites excluding steroid dienone is 2. The maximum absolute atomic E-state index is 13.4. The van der Waals surface area contributed by atoms with Crippen molar-refractivity contribution in [3.05, 3.63) is 66.3 Å². The van der Waals surface area contributed by atoms with Crippen LogP contribution in [0.4, 0.5) is 22.2 Å². The number of hydrogen-bond donors (Lipinski definition) is 3. The Kier molecular flexibility index (Phi) is 8.14. The molecule has 3 aromatic rings. The molecule has 222 valence electrons. The molecule has 1 aliphatic carbocycles. The lowest BCUT2D eigenvalue weighted by molar-refractivity contribution is 0.0587. The van der Waals surface area contributed by atoms with Crippen LogP contribution in [0.3, 0.4) is 0 Å². The summed E-state index contributed by atoms with van der Waals surface area (Å²) in [6.07, 6.45) is 9.06. The number of hydrogen-bond acceptors (Lipinski definition) is 10. The van der Waals surface area contributed by atoms with Crippen molar-refractivity contribution in [2.45, 2.75) is 64.0 Å². The number of aliphatic hydroxyl groups is 1. The monoisotopic (exact) mass is 576 g/mol. The van der Waals surface area contributed by atoms with Crippen LogP contribution in [0.25, 0.3) is 5.65 Å². The van der Waals surface area contributed by atoms with Crippen molar-refractivity contribution in [1.82, 2.24) is 24.9 Å². The molecule has 1 saturated carbocycles. The van der Waals surface area contributed by atoms with Gasteiger partial charge in [0.25, 0.3) is 5.91 Å². The van der Waals surface area contributed by atoms with Crippen LogP contribution < -0.4 is 20.4 Å². The second-order valence-electron chi connectivity index (χ2n) is 11.2. The van der Waals surface area contributed by atoms with E-state index in [-0.39, 0.29) is 35.1 Å². The summed E-state index contributed by atoms with van der Waals surface area (Å²) < 4.78 is 12.4. The van der Waals surface area contributed by atoms with E-state index in [0.717, 1.165) is 19.3 Å². The zero-order valence-electron chi connectivity index (χ0n) is 24.3. The summed E-state index contributed by atoms with van der Waals surface area (Å²) in [7, 11) is 3.23. The minimum atomic E-state index is -1.10. The summed E-state index contributed by atoms with van der Waals surface area (Å²) in [6.45, 7) is 5.33. The Labute approximate surface area is 243 Å². The molecule has 3 N–H and O–H groups in total. The molecule has 1 aliphatic heterocycles. The Hall–Kier alpha value is -4.49. The summed E-state index contributed by atoms with van der Waals surface area (Å²) in [4.78, 5) is 38.3. The number of aromatic nitrogens is 4. The van der Waals surface area contributed by atoms with Crippen LogP contribution in [0, 0.1) is 0 Å². The number of ether oxygens (including phenoxy) is 2. The molecule has 2 aliphatic rings. The molecule has 1 fully saturated rings. The number of rotatable bonds is 7. The second-order valence-corrected chi connectivity index (χ2v) is 11.2. The van der Waals surface area contributed by atoms with Crippen molar-refractivity contribution in [3.63, 3.8) is 0 Å². The van der Waals surface area contributed by atoms with Gasteiger partial charge in [-0.2, -0.15) is 9.61 Å². The van der Waals surface area contributed by atoms with Crippen molar-refractivity contribution < 1.29 is 24.2 Å². The third kappa shape index (κ3) is 6.21. The summed E-state index contributed by atoms with van der Waals surface area (Å²) >= 11 is 0. The van der Waals surface area contributed by atoms with Gasteiger partial charge in [-0.15, -0.1) is 0 Å². The van der Waals surface area contributed by atoms with Gasteiger partial charge in [-0.25, -0.2) is 14.8 Å². The van der Waals surface area contributed by atoms with Crippen LogP contribution in [0.15, 0.2) is 60.7 Å². The average Bonchev–Trinajstić information content (AvgIpc) is 3.60. The number of carbonyl (C=O) groups excluding carboxylic acids is 2. The summed E-state index contributed by atoms with van der Waals surface area (Å²) in [5.74, 6) is 0.812. The first-order chi connectivity index (χ1) is 20.0. The number of pyridine rings is 1. The first kappa shape index (κ1) is 29.0. The molecular formula is C29H36N8O5. The summed E-state index contributed by atoms with van der Waals surface area (Å²) in [6, 6.07) is 6.97. The Morgan fingerprint density at radius 3 is 2.71 bits per heavy atom. The third-order valence-corrected chi connectivity index (χ3v) is 7.01. The molecule has 3 atom stereocenters. The highest BCUT2D eigenvalue weighted by Gasteiger charge is 2.29. The topological polar surface area (TPSA) is 146 Å². The van der Waals surface area contributed by atoms with Gasteiger partial charge in [0, 0.05) is 38.7 Å². The minimum Gasteiger partial charge on any atom is -0.443 e. The Morgan fingerprint density at radius 2 is 2.02 bits per heavy atom. The summed E-state index contributed by atoms with van der Waals surface area (Å²) in [5, 5.41) is 21.8. The van der Waals surface area contributed by atoms with Gasteiger partial charge >= 0.3 is 6.09 Å². The van der Waals surface area contributed by atoms with Crippen molar-refractivity contribution in [1.29, 1.82) is 0 Å².